The van der Waals surface area contributed by atoms with E-state index in [0.29, 0.717) is 17.4 Å². The van der Waals surface area contributed by atoms with E-state index in [9.17, 15) is 13.2 Å². The summed E-state index contributed by atoms with van der Waals surface area (Å²) < 4.78 is 43.9. The Morgan fingerprint density at radius 1 is 1.40 bits per heavy atom. The molecular weight excluding hydrogens is 291 g/mol. The SMILES string of the molecule is CCc1nsc(N(C)Cc2cn(C)nc2C(F)(F)F)n1. The van der Waals surface area contributed by atoms with E-state index in [1.54, 1.807) is 11.9 Å². The third kappa shape index (κ3) is 3.09. The molecule has 0 N–H and O–H groups in total. The van der Waals surface area contributed by atoms with E-state index in [-0.39, 0.29) is 12.1 Å². The van der Waals surface area contributed by atoms with E-state index in [4.69, 9.17) is 0 Å². The van der Waals surface area contributed by atoms with Crippen molar-refractivity contribution in [3.63, 3.8) is 0 Å². The van der Waals surface area contributed by atoms with Gasteiger partial charge in [0.05, 0.1) is 0 Å². The lowest BCUT2D eigenvalue weighted by molar-refractivity contribution is -0.142. The van der Waals surface area contributed by atoms with Crippen LogP contribution in [0.15, 0.2) is 6.20 Å². The first-order valence-electron chi connectivity index (χ1n) is 5.94. The van der Waals surface area contributed by atoms with Crippen LogP contribution < -0.4 is 4.90 Å². The van der Waals surface area contributed by atoms with Crippen LogP contribution in [-0.2, 0) is 26.2 Å². The maximum absolute atomic E-state index is 12.9. The van der Waals surface area contributed by atoms with Crippen molar-refractivity contribution in [1.29, 1.82) is 0 Å². The Balaban J connectivity index is 2.21. The molecule has 0 spiro atoms. The number of halogens is 3. The molecule has 0 unspecified atom stereocenters. The van der Waals surface area contributed by atoms with Crippen LogP contribution in [0.2, 0.25) is 0 Å². The molecule has 0 aromatic carbocycles. The zero-order valence-electron chi connectivity index (χ0n) is 11.3. The molecule has 0 bridgehead atoms. The maximum Gasteiger partial charge on any atom is 0.435 e. The Hall–Kier alpha value is -1.64. The minimum Gasteiger partial charge on any atom is -0.345 e. The summed E-state index contributed by atoms with van der Waals surface area (Å²) in [5.74, 6) is 0.694. The van der Waals surface area contributed by atoms with Crippen molar-refractivity contribution in [3.05, 3.63) is 23.3 Å². The van der Waals surface area contributed by atoms with E-state index in [1.807, 2.05) is 6.92 Å². The molecule has 0 aliphatic heterocycles. The number of anilines is 1. The molecular formula is C11H14F3N5S. The second-order valence-corrected chi connectivity index (χ2v) is 5.11. The predicted octanol–water partition coefficient (Wildman–Crippen LogP) is 2.49. The number of rotatable bonds is 4. The van der Waals surface area contributed by atoms with Crippen molar-refractivity contribution in [2.75, 3.05) is 11.9 Å². The lowest BCUT2D eigenvalue weighted by Gasteiger charge is -2.15. The van der Waals surface area contributed by atoms with Crippen molar-refractivity contribution in [2.45, 2.75) is 26.1 Å². The minimum absolute atomic E-state index is 0.0844. The van der Waals surface area contributed by atoms with Crippen LogP contribution >= 0.6 is 11.5 Å². The summed E-state index contributed by atoms with van der Waals surface area (Å²) in [6.07, 6.45) is -2.38. The molecule has 2 rings (SSSR count). The molecule has 0 aliphatic rings. The van der Waals surface area contributed by atoms with Gasteiger partial charge in [0.15, 0.2) is 5.69 Å². The number of aromatic nitrogens is 4. The predicted molar refractivity (Wildman–Crippen MR) is 69.6 cm³/mol. The number of aryl methyl sites for hydroxylation is 2. The van der Waals surface area contributed by atoms with E-state index >= 15 is 0 Å². The molecule has 2 aromatic heterocycles. The van der Waals surface area contributed by atoms with Crippen molar-refractivity contribution >= 4 is 16.7 Å². The Bertz CT molecular complexity index is 589. The van der Waals surface area contributed by atoms with Crippen LogP contribution in [0.25, 0.3) is 0 Å². The highest BCUT2D eigenvalue weighted by Gasteiger charge is 2.37. The molecule has 0 fully saturated rings. The zero-order valence-corrected chi connectivity index (χ0v) is 12.1. The first-order chi connectivity index (χ1) is 9.31. The number of hydrogen-bond acceptors (Lipinski definition) is 5. The van der Waals surface area contributed by atoms with Crippen LogP contribution in [-0.4, -0.2) is 26.2 Å². The van der Waals surface area contributed by atoms with Gasteiger partial charge in [-0.15, -0.1) is 0 Å². The number of hydrogen-bond donors (Lipinski definition) is 0. The molecule has 110 valence electrons. The normalized spacial score (nSPS) is 11.9. The summed E-state index contributed by atoms with van der Waals surface area (Å²) in [5.41, 5.74) is -0.733. The Morgan fingerprint density at radius 2 is 2.10 bits per heavy atom. The highest BCUT2D eigenvalue weighted by Crippen LogP contribution is 2.31. The van der Waals surface area contributed by atoms with Gasteiger partial charge in [-0.25, -0.2) is 4.98 Å². The third-order valence-electron chi connectivity index (χ3n) is 2.68. The molecule has 0 atom stereocenters. The molecule has 0 radical (unpaired) electrons. The van der Waals surface area contributed by atoms with Crippen LogP contribution in [0.3, 0.4) is 0 Å². The van der Waals surface area contributed by atoms with Gasteiger partial charge in [-0.1, -0.05) is 6.92 Å². The summed E-state index contributed by atoms with van der Waals surface area (Å²) in [6, 6.07) is 0. The monoisotopic (exact) mass is 305 g/mol. The number of nitrogens with zero attached hydrogens (tertiary/aromatic N) is 5. The van der Waals surface area contributed by atoms with Gasteiger partial charge in [0.25, 0.3) is 0 Å². The fourth-order valence-electron chi connectivity index (χ4n) is 1.76. The first kappa shape index (κ1) is 14.8. The topological polar surface area (TPSA) is 46.8 Å². The molecule has 20 heavy (non-hydrogen) atoms. The van der Waals surface area contributed by atoms with Gasteiger partial charge in [-0.05, 0) is 0 Å². The third-order valence-corrected chi connectivity index (χ3v) is 3.55. The first-order valence-corrected chi connectivity index (χ1v) is 6.72. The number of alkyl halides is 3. The van der Waals surface area contributed by atoms with E-state index in [0.717, 1.165) is 0 Å². The summed E-state index contributed by atoms with van der Waals surface area (Å²) in [5, 5.41) is 4.08. The fraction of sp³-hybridized carbons (Fsp3) is 0.545. The van der Waals surface area contributed by atoms with Gasteiger partial charge in [0, 0.05) is 50.4 Å². The zero-order chi connectivity index (χ0) is 14.9. The lowest BCUT2D eigenvalue weighted by atomic mass is 10.2. The van der Waals surface area contributed by atoms with Gasteiger partial charge < -0.3 is 4.90 Å². The van der Waals surface area contributed by atoms with Crippen LogP contribution in [0.4, 0.5) is 18.3 Å². The second kappa shape index (κ2) is 5.39. The standard InChI is InChI=1S/C11H14F3N5S/c1-4-8-15-10(20-17-8)18(2)5-7-6-19(3)16-9(7)11(12,13)14/h6H,4-5H2,1-3H3. The van der Waals surface area contributed by atoms with Gasteiger partial charge in [-0.2, -0.15) is 22.6 Å². The Morgan fingerprint density at radius 3 is 2.65 bits per heavy atom. The van der Waals surface area contributed by atoms with E-state index in [2.05, 4.69) is 14.5 Å². The van der Waals surface area contributed by atoms with Gasteiger partial charge in [0.2, 0.25) is 5.13 Å². The maximum atomic E-state index is 12.9. The Kier molecular flexibility index (Phi) is 3.98. The molecule has 2 aromatic rings. The molecule has 0 aliphatic carbocycles. The van der Waals surface area contributed by atoms with E-state index < -0.39 is 11.9 Å². The molecule has 0 saturated carbocycles. The second-order valence-electron chi connectivity index (χ2n) is 4.38. The van der Waals surface area contributed by atoms with Crippen LogP contribution in [0.1, 0.15) is 24.0 Å². The largest absolute Gasteiger partial charge is 0.435 e. The van der Waals surface area contributed by atoms with Crippen molar-refractivity contribution in [3.8, 4) is 0 Å². The quantitative estimate of drug-likeness (QED) is 0.870. The average molecular weight is 305 g/mol. The Labute approximate surface area is 118 Å². The average Bonchev–Trinajstić information content (AvgIpc) is 2.94. The highest BCUT2D eigenvalue weighted by atomic mass is 32.1. The van der Waals surface area contributed by atoms with Crippen molar-refractivity contribution in [1.82, 2.24) is 19.1 Å². The fourth-order valence-corrected chi connectivity index (χ4v) is 2.47. The summed E-state index contributed by atoms with van der Waals surface area (Å²) in [4.78, 5) is 5.89. The summed E-state index contributed by atoms with van der Waals surface area (Å²) in [7, 11) is 3.16. The van der Waals surface area contributed by atoms with Gasteiger partial charge >= 0.3 is 6.18 Å². The minimum atomic E-state index is -4.45. The summed E-state index contributed by atoms with van der Waals surface area (Å²) in [6.45, 7) is 2.01. The molecule has 9 heteroatoms. The van der Waals surface area contributed by atoms with Gasteiger partial charge in [0.1, 0.15) is 5.82 Å². The summed E-state index contributed by atoms with van der Waals surface area (Å²) >= 11 is 1.18. The van der Waals surface area contributed by atoms with Crippen LogP contribution in [0.5, 0.6) is 0 Å². The van der Waals surface area contributed by atoms with Crippen molar-refractivity contribution in [2.24, 2.45) is 7.05 Å². The van der Waals surface area contributed by atoms with Crippen molar-refractivity contribution < 1.29 is 13.2 Å². The van der Waals surface area contributed by atoms with Gasteiger partial charge in [-0.3, -0.25) is 4.68 Å². The molecule has 0 amide bonds. The van der Waals surface area contributed by atoms with Crippen LogP contribution in [0, 0.1) is 0 Å². The smallest absolute Gasteiger partial charge is 0.345 e. The molecule has 5 nitrogen and oxygen atoms in total. The molecule has 0 saturated heterocycles. The lowest BCUT2D eigenvalue weighted by Crippen LogP contribution is -2.19. The molecule has 2 heterocycles. The van der Waals surface area contributed by atoms with E-state index in [1.165, 1.54) is 29.5 Å². The highest BCUT2D eigenvalue weighted by molar-refractivity contribution is 7.09.